The van der Waals surface area contributed by atoms with Gasteiger partial charge in [0.15, 0.2) is 0 Å². The van der Waals surface area contributed by atoms with E-state index in [1.54, 1.807) is 24.3 Å². The largest absolute Gasteiger partial charge is 0.462 e. The lowest BCUT2D eigenvalue weighted by Crippen LogP contribution is -2.15. The normalized spacial score (nSPS) is 18.5. The minimum Gasteiger partial charge on any atom is -0.462 e. The van der Waals surface area contributed by atoms with Gasteiger partial charge in [0.2, 0.25) is 5.91 Å². The van der Waals surface area contributed by atoms with Crippen molar-refractivity contribution in [1.82, 2.24) is 0 Å². The molecule has 1 N–H and O–H groups in total. The van der Waals surface area contributed by atoms with Crippen LogP contribution in [0.25, 0.3) is 0 Å². The molecule has 4 nitrogen and oxygen atoms in total. The predicted molar refractivity (Wildman–Crippen MR) is 102 cm³/mol. The Morgan fingerprint density at radius 2 is 1.77 bits per heavy atom. The Morgan fingerprint density at radius 3 is 2.38 bits per heavy atom. The van der Waals surface area contributed by atoms with Crippen LogP contribution < -0.4 is 5.32 Å². The van der Waals surface area contributed by atoms with Gasteiger partial charge in [-0.05, 0) is 60.2 Å². The van der Waals surface area contributed by atoms with E-state index in [9.17, 15) is 9.59 Å². The minimum atomic E-state index is -0.346. The fourth-order valence-electron chi connectivity index (χ4n) is 2.81. The Hall–Kier alpha value is -2.33. The van der Waals surface area contributed by atoms with Gasteiger partial charge in [0.25, 0.3) is 0 Å². The number of hydrogen-bond acceptors (Lipinski definition) is 3. The summed E-state index contributed by atoms with van der Waals surface area (Å²) in [6, 6.07) is 14.4. The fraction of sp³-hybridized carbons (Fsp3) is 0.333. The van der Waals surface area contributed by atoms with Gasteiger partial charge in [-0.15, -0.1) is 0 Å². The molecule has 0 bridgehead atoms. The van der Waals surface area contributed by atoms with Gasteiger partial charge in [-0.1, -0.05) is 37.6 Å². The molecule has 26 heavy (non-hydrogen) atoms. The topological polar surface area (TPSA) is 55.4 Å². The number of anilines is 1. The molecule has 0 saturated heterocycles. The van der Waals surface area contributed by atoms with Crippen LogP contribution in [0.4, 0.5) is 5.69 Å². The van der Waals surface area contributed by atoms with Crippen LogP contribution in [0.15, 0.2) is 48.5 Å². The van der Waals surface area contributed by atoms with E-state index in [1.807, 2.05) is 38.1 Å². The van der Waals surface area contributed by atoms with Crippen LogP contribution in [0.1, 0.15) is 42.1 Å². The summed E-state index contributed by atoms with van der Waals surface area (Å²) in [5.74, 6) is 0.177. The maximum atomic E-state index is 12.4. The number of amides is 1. The first kappa shape index (κ1) is 18.5. The molecule has 1 saturated carbocycles. The zero-order valence-corrected chi connectivity index (χ0v) is 15.6. The Labute approximate surface area is 158 Å². The van der Waals surface area contributed by atoms with Gasteiger partial charge in [-0.2, -0.15) is 0 Å². The molecular weight excluding hydrogens is 350 g/mol. The quantitative estimate of drug-likeness (QED) is 0.735. The summed E-state index contributed by atoms with van der Waals surface area (Å²) in [5.41, 5.74) is 2.30. The van der Waals surface area contributed by atoms with Gasteiger partial charge >= 0.3 is 5.97 Å². The fourth-order valence-corrected chi connectivity index (χ4v) is 2.94. The van der Waals surface area contributed by atoms with Crippen molar-refractivity contribution in [2.75, 3.05) is 11.9 Å². The summed E-state index contributed by atoms with van der Waals surface area (Å²) >= 11 is 5.90. The molecule has 2 aromatic carbocycles. The Bertz CT molecular complexity index is 784. The Kier molecular flexibility index (Phi) is 5.62. The highest BCUT2D eigenvalue weighted by Crippen LogP contribution is 2.48. The number of hydrogen-bond donors (Lipinski definition) is 1. The summed E-state index contributed by atoms with van der Waals surface area (Å²) in [6.45, 7) is 4.37. The van der Waals surface area contributed by atoms with Gasteiger partial charge in [-0.25, -0.2) is 4.79 Å². The Morgan fingerprint density at radius 1 is 1.12 bits per heavy atom. The van der Waals surface area contributed by atoms with Crippen molar-refractivity contribution in [2.45, 2.75) is 26.2 Å². The zero-order chi connectivity index (χ0) is 18.7. The molecule has 2 unspecified atom stereocenters. The second-order valence-corrected chi connectivity index (χ2v) is 7.50. The second-order valence-electron chi connectivity index (χ2n) is 7.06. The maximum Gasteiger partial charge on any atom is 0.338 e. The molecular formula is C21H22ClNO3. The third kappa shape index (κ3) is 4.64. The highest BCUT2D eigenvalue weighted by atomic mass is 35.5. The number of esters is 1. The van der Waals surface area contributed by atoms with Crippen molar-refractivity contribution in [3.63, 3.8) is 0 Å². The highest BCUT2D eigenvalue weighted by molar-refractivity contribution is 6.30. The smallest absolute Gasteiger partial charge is 0.338 e. The summed E-state index contributed by atoms with van der Waals surface area (Å²) in [7, 11) is 0. The number of carbonyl (C=O) groups is 2. The van der Waals surface area contributed by atoms with Gasteiger partial charge in [-0.3, -0.25) is 4.79 Å². The molecule has 2 aromatic rings. The van der Waals surface area contributed by atoms with Crippen LogP contribution in [-0.2, 0) is 9.53 Å². The van der Waals surface area contributed by atoms with E-state index in [2.05, 4.69) is 5.32 Å². The average molecular weight is 372 g/mol. The molecule has 5 heteroatoms. The number of halogens is 1. The molecule has 0 heterocycles. The zero-order valence-electron chi connectivity index (χ0n) is 14.9. The van der Waals surface area contributed by atoms with E-state index in [0.717, 1.165) is 12.0 Å². The lowest BCUT2D eigenvalue weighted by Gasteiger charge is -2.08. The van der Waals surface area contributed by atoms with Crippen LogP contribution in [-0.4, -0.2) is 18.5 Å². The number of carbonyl (C=O) groups excluding carboxylic acids is 2. The van der Waals surface area contributed by atoms with Crippen molar-refractivity contribution >= 4 is 29.2 Å². The first-order valence-corrected chi connectivity index (χ1v) is 9.15. The van der Waals surface area contributed by atoms with Crippen LogP contribution in [0.5, 0.6) is 0 Å². The van der Waals surface area contributed by atoms with Crippen LogP contribution in [0.3, 0.4) is 0 Å². The van der Waals surface area contributed by atoms with E-state index in [0.29, 0.717) is 28.8 Å². The summed E-state index contributed by atoms with van der Waals surface area (Å²) in [4.78, 5) is 24.3. The van der Waals surface area contributed by atoms with Crippen molar-refractivity contribution < 1.29 is 14.3 Å². The van der Waals surface area contributed by atoms with E-state index in [-0.39, 0.29) is 23.7 Å². The molecule has 1 fully saturated rings. The van der Waals surface area contributed by atoms with E-state index < -0.39 is 0 Å². The SMILES string of the molecule is CC(C)COC(=O)c1ccc(NC(=O)C2CC2c2ccc(Cl)cc2)cc1. The monoisotopic (exact) mass is 371 g/mol. The van der Waals surface area contributed by atoms with Crippen LogP contribution >= 0.6 is 11.6 Å². The lowest BCUT2D eigenvalue weighted by molar-refractivity contribution is -0.117. The molecule has 0 aromatic heterocycles. The maximum absolute atomic E-state index is 12.4. The van der Waals surface area contributed by atoms with Crippen molar-refractivity contribution in [2.24, 2.45) is 11.8 Å². The van der Waals surface area contributed by atoms with Gasteiger partial charge in [0.1, 0.15) is 0 Å². The molecule has 136 valence electrons. The number of ether oxygens (including phenoxy) is 1. The third-order valence-corrected chi connectivity index (χ3v) is 4.61. The standard InChI is InChI=1S/C21H22ClNO3/c1-13(2)12-26-21(25)15-5-9-17(10-6-15)23-20(24)19-11-18(19)14-3-7-16(22)8-4-14/h3-10,13,18-19H,11-12H2,1-2H3,(H,23,24). The Balaban J connectivity index is 1.54. The molecule has 2 atom stereocenters. The lowest BCUT2D eigenvalue weighted by atomic mass is 10.1. The summed E-state index contributed by atoms with van der Waals surface area (Å²) in [6.07, 6.45) is 0.840. The summed E-state index contributed by atoms with van der Waals surface area (Å²) in [5, 5.41) is 3.61. The first-order valence-electron chi connectivity index (χ1n) is 8.77. The third-order valence-electron chi connectivity index (χ3n) is 4.36. The molecule has 1 amide bonds. The highest BCUT2D eigenvalue weighted by Gasteiger charge is 2.43. The molecule has 3 rings (SSSR count). The van der Waals surface area contributed by atoms with Crippen molar-refractivity contribution in [3.05, 3.63) is 64.7 Å². The number of nitrogens with one attached hydrogen (secondary N) is 1. The molecule has 0 aliphatic heterocycles. The second kappa shape index (κ2) is 7.92. The first-order chi connectivity index (χ1) is 12.4. The minimum absolute atomic E-state index is 0.0000781. The van der Waals surface area contributed by atoms with Crippen molar-refractivity contribution in [3.8, 4) is 0 Å². The van der Waals surface area contributed by atoms with Gasteiger partial charge in [0, 0.05) is 16.6 Å². The molecule has 0 radical (unpaired) electrons. The van der Waals surface area contributed by atoms with E-state index in [4.69, 9.17) is 16.3 Å². The predicted octanol–water partition coefficient (Wildman–Crippen LogP) is 4.90. The average Bonchev–Trinajstić information content (AvgIpc) is 3.42. The number of benzene rings is 2. The number of rotatable bonds is 6. The molecule has 0 spiro atoms. The van der Waals surface area contributed by atoms with Crippen molar-refractivity contribution in [1.29, 1.82) is 0 Å². The van der Waals surface area contributed by atoms with E-state index in [1.165, 1.54) is 0 Å². The van der Waals surface area contributed by atoms with Gasteiger partial charge in [0.05, 0.1) is 12.2 Å². The molecule has 1 aliphatic carbocycles. The van der Waals surface area contributed by atoms with Gasteiger partial charge < -0.3 is 10.1 Å². The van der Waals surface area contributed by atoms with Crippen LogP contribution in [0.2, 0.25) is 5.02 Å². The van der Waals surface area contributed by atoms with E-state index >= 15 is 0 Å². The summed E-state index contributed by atoms with van der Waals surface area (Å²) < 4.78 is 5.19. The molecule has 1 aliphatic rings. The van der Waals surface area contributed by atoms with Crippen LogP contribution in [0, 0.1) is 11.8 Å².